The van der Waals surface area contributed by atoms with Gasteiger partial charge in [-0.25, -0.2) is 0 Å². The highest BCUT2D eigenvalue weighted by Crippen LogP contribution is 2.39. The number of benzene rings is 1. The largest absolute Gasteiger partial charge is 0.493 e. The van der Waals surface area contributed by atoms with E-state index in [1.165, 1.54) is 21.3 Å². The number of hydrogen-bond donors (Lipinski definition) is 1. The Morgan fingerprint density at radius 1 is 1.08 bits per heavy atom. The van der Waals surface area contributed by atoms with Gasteiger partial charge in [0.2, 0.25) is 18.1 Å². The maximum atomic E-state index is 12.2. The van der Waals surface area contributed by atoms with Crippen LogP contribution in [0.2, 0.25) is 0 Å². The van der Waals surface area contributed by atoms with Crippen molar-refractivity contribution in [1.29, 1.82) is 0 Å². The van der Waals surface area contributed by atoms with Gasteiger partial charge in [0, 0.05) is 57.0 Å². The van der Waals surface area contributed by atoms with Crippen LogP contribution in [-0.2, 0) is 9.59 Å². The molecular formula is C17H25N3O5. The number of rotatable bonds is 8. The minimum absolute atomic E-state index is 0.0907. The summed E-state index contributed by atoms with van der Waals surface area (Å²) in [7, 11) is 4.59. The number of piperazine rings is 1. The lowest BCUT2D eigenvalue weighted by Gasteiger charge is -2.32. The molecule has 25 heavy (non-hydrogen) atoms. The Hall–Kier alpha value is -2.48. The van der Waals surface area contributed by atoms with Gasteiger partial charge in [-0.05, 0) is 0 Å². The molecule has 0 unspecified atom stereocenters. The number of hydrogen-bond acceptors (Lipinski definition) is 6. The second-order valence-electron chi connectivity index (χ2n) is 5.70. The van der Waals surface area contributed by atoms with Crippen LogP contribution in [0, 0.1) is 0 Å². The first-order chi connectivity index (χ1) is 12.1. The van der Waals surface area contributed by atoms with Gasteiger partial charge in [-0.15, -0.1) is 0 Å². The minimum Gasteiger partial charge on any atom is -0.493 e. The number of carbonyl (C=O) groups is 2. The number of anilines is 1. The number of nitrogens with one attached hydrogen (secondary N) is 1. The summed E-state index contributed by atoms with van der Waals surface area (Å²) in [6.07, 6.45) is 1.24. The maximum absolute atomic E-state index is 12.2. The van der Waals surface area contributed by atoms with Crippen LogP contribution in [0.15, 0.2) is 12.1 Å². The van der Waals surface area contributed by atoms with Crippen LogP contribution in [0.1, 0.15) is 6.42 Å². The Balaban J connectivity index is 1.91. The van der Waals surface area contributed by atoms with E-state index in [-0.39, 0.29) is 5.91 Å². The highest BCUT2D eigenvalue weighted by molar-refractivity contribution is 5.91. The normalized spacial score (nSPS) is 14.8. The maximum Gasteiger partial charge on any atom is 0.225 e. The molecule has 0 saturated carbocycles. The minimum atomic E-state index is -0.0907. The summed E-state index contributed by atoms with van der Waals surface area (Å²) in [4.78, 5) is 26.8. The van der Waals surface area contributed by atoms with Crippen LogP contribution in [0.5, 0.6) is 17.2 Å². The molecule has 2 rings (SSSR count). The number of methoxy groups -OCH3 is 3. The van der Waals surface area contributed by atoms with Crippen LogP contribution in [0.3, 0.4) is 0 Å². The Kier molecular flexibility index (Phi) is 6.88. The van der Waals surface area contributed by atoms with Gasteiger partial charge in [0.05, 0.1) is 21.3 Å². The van der Waals surface area contributed by atoms with Crippen molar-refractivity contribution in [2.45, 2.75) is 6.42 Å². The molecule has 0 atom stereocenters. The highest BCUT2D eigenvalue weighted by atomic mass is 16.5. The number of carbonyl (C=O) groups excluding carboxylic acids is 2. The van der Waals surface area contributed by atoms with Crippen LogP contribution in [0.25, 0.3) is 0 Å². The molecule has 1 fully saturated rings. The van der Waals surface area contributed by atoms with E-state index in [2.05, 4.69) is 10.2 Å². The van der Waals surface area contributed by atoms with E-state index in [0.29, 0.717) is 49.0 Å². The van der Waals surface area contributed by atoms with Crippen molar-refractivity contribution < 1.29 is 23.8 Å². The van der Waals surface area contributed by atoms with Crippen molar-refractivity contribution in [3.63, 3.8) is 0 Å². The van der Waals surface area contributed by atoms with Crippen molar-refractivity contribution in [2.75, 3.05) is 59.4 Å². The van der Waals surface area contributed by atoms with Crippen LogP contribution in [-0.4, -0.2) is 76.2 Å². The summed E-state index contributed by atoms with van der Waals surface area (Å²) in [5.41, 5.74) is 0.588. The van der Waals surface area contributed by atoms with E-state index in [4.69, 9.17) is 14.2 Å². The molecule has 1 aliphatic heterocycles. The summed E-state index contributed by atoms with van der Waals surface area (Å²) in [5.74, 6) is 1.37. The SMILES string of the molecule is COc1cc(NC(=O)CCN2CCN(C=O)CC2)cc(OC)c1OC. The zero-order chi connectivity index (χ0) is 18.2. The molecule has 138 valence electrons. The van der Waals surface area contributed by atoms with Crippen LogP contribution >= 0.6 is 0 Å². The van der Waals surface area contributed by atoms with Gasteiger partial charge in [-0.3, -0.25) is 14.5 Å². The van der Waals surface area contributed by atoms with Gasteiger partial charge < -0.3 is 24.4 Å². The van der Waals surface area contributed by atoms with Crippen molar-refractivity contribution in [3.8, 4) is 17.2 Å². The molecule has 0 radical (unpaired) electrons. The number of amides is 2. The molecule has 0 aliphatic carbocycles. The van der Waals surface area contributed by atoms with Gasteiger partial charge >= 0.3 is 0 Å². The molecular weight excluding hydrogens is 326 g/mol. The van der Waals surface area contributed by atoms with Gasteiger partial charge in [0.1, 0.15) is 0 Å². The average Bonchev–Trinajstić information content (AvgIpc) is 2.65. The summed E-state index contributed by atoms with van der Waals surface area (Å²) >= 11 is 0. The lowest BCUT2D eigenvalue weighted by Crippen LogP contribution is -2.46. The van der Waals surface area contributed by atoms with E-state index in [1.54, 1.807) is 17.0 Å². The van der Waals surface area contributed by atoms with E-state index in [0.717, 1.165) is 19.5 Å². The molecule has 8 heteroatoms. The monoisotopic (exact) mass is 351 g/mol. The average molecular weight is 351 g/mol. The lowest BCUT2D eigenvalue weighted by molar-refractivity contribution is -0.120. The summed E-state index contributed by atoms with van der Waals surface area (Å²) < 4.78 is 15.8. The fourth-order valence-electron chi connectivity index (χ4n) is 2.73. The van der Waals surface area contributed by atoms with Gasteiger partial charge in [-0.2, -0.15) is 0 Å². The third-order valence-corrected chi connectivity index (χ3v) is 4.16. The quantitative estimate of drug-likeness (QED) is 0.699. The lowest BCUT2D eigenvalue weighted by atomic mass is 10.2. The van der Waals surface area contributed by atoms with E-state index in [1.807, 2.05) is 0 Å². The van der Waals surface area contributed by atoms with Crippen molar-refractivity contribution in [1.82, 2.24) is 9.80 Å². The molecule has 1 aliphatic rings. The van der Waals surface area contributed by atoms with E-state index in [9.17, 15) is 9.59 Å². The molecule has 8 nitrogen and oxygen atoms in total. The van der Waals surface area contributed by atoms with Gasteiger partial charge in [-0.1, -0.05) is 0 Å². The molecule has 0 aromatic heterocycles. The van der Waals surface area contributed by atoms with Crippen LogP contribution < -0.4 is 19.5 Å². The fraction of sp³-hybridized carbons (Fsp3) is 0.529. The van der Waals surface area contributed by atoms with Crippen molar-refractivity contribution in [2.24, 2.45) is 0 Å². The number of nitrogens with zero attached hydrogens (tertiary/aromatic N) is 2. The molecule has 1 saturated heterocycles. The smallest absolute Gasteiger partial charge is 0.225 e. The molecule has 0 spiro atoms. The molecule has 1 aromatic rings. The summed E-state index contributed by atoms with van der Waals surface area (Å²) in [5, 5.41) is 2.85. The Morgan fingerprint density at radius 3 is 2.16 bits per heavy atom. The first-order valence-corrected chi connectivity index (χ1v) is 8.12. The van der Waals surface area contributed by atoms with Gasteiger partial charge in [0.15, 0.2) is 11.5 Å². The third-order valence-electron chi connectivity index (χ3n) is 4.16. The van der Waals surface area contributed by atoms with E-state index >= 15 is 0 Å². The Morgan fingerprint density at radius 2 is 1.68 bits per heavy atom. The third kappa shape index (κ3) is 4.99. The first-order valence-electron chi connectivity index (χ1n) is 8.12. The zero-order valence-corrected chi connectivity index (χ0v) is 14.9. The highest BCUT2D eigenvalue weighted by Gasteiger charge is 2.17. The molecule has 1 heterocycles. The fourth-order valence-corrected chi connectivity index (χ4v) is 2.73. The van der Waals surface area contributed by atoms with E-state index < -0.39 is 0 Å². The second-order valence-corrected chi connectivity index (χ2v) is 5.70. The van der Waals surface area contributed by atoms with Gasteiger partial charge in [0.25, 0.3) is 0 Å². The zero-order valence-electron chi connectivity index (χ0n) is 14.9. The summed E-state index contributed by atoms with van der Waals surface area (Å²) in [6, 6.07) is 3.39. The first kappa shape index (κ1) is 18.9. The topological polar surface area (TPSA) is 80.3 Å². The molecule has 2 amide bonds. The predicted molar refractivity (Wildman–Crippen MR) is 93.4 cm³/mol. The predicted octanol–water partition coefficient (Wildman–Crippen LogP) is 0.815. The Labute approximate surface area is 147 Å². The molecule has 1 aromatic carbocycles. The second kappa shape index (κ2) is 9.12. The van der Waals surface area contributed by atoms with Crippen molar-refractivity contribution >= 4 is 18.0 Å². The summed E-state index contributed by atoms with van der Waals surface area (Å²) in [6.45, 7) is 3.64. The van der Waals surface area contributed by atoms with Crippen molar-refractivity contribution in [3.05, 3.63) is 12.1 Å². The molecule has 1 N–H and O–H groups in total. The van der Waals surface area contributed by atoms with Crippen LogP contribution in [0.4, 0.5) is 5.69 Å². The Bertz CT molecular complexity index is 575. The molecule has 0 bridgehead atoms. The number of ether oxygens (including phenoxy) is 3. The standard InChI is InChI=1S/C17H25N3O5/c1-23-14-10-13(11-15(24-2)17(14)25-3)18-16(22)4-5-19-6-8-20(12-21)9-7-19/h10-12H,4-9H2,1-3H3,(H,18,22).